The minimum absolute atomic E-state index is 0.0747. The van der Waals surface area contributed by atoms with Crippen LogP contribution in [0, 0.1) is 0 Å². The number of unbranched alkanes of at least 4 members (excludes halogenated alkanes) is 1. The summed E-state index contributed by atoms with van der Waals surface area (Å²) in [6.07, 6.45) is 2.36. The highest BCUT2D eigenvalue weighted by Crippen LogP contribution is 2.18. The zero-order valence-electron chi connectivity index (χ0n) is 15.7. The Morgan fingerprint density at radius 2 is 1.85 bits per heavy atom. The van der Waals surface area contributed by atoms with E-state index in [1.54, 1.807) is 19.2 Å². The van der Waals surface area contributed by atoms with Gasteiger partial charge in [0, 0.05) is 18.7 Å². The number of hydrogen-bond donors (Lipinski definition) is 2. The van der Waals surface area contributed by atoms with Gasteiger partial charge in [-0.1, -0.05) is 37.6 Å². The molecular weight excluding hydrogens is 364 g/mol. The summed E-state index contributed by atoms with van der Waals surface area (Å²) in [6.45, 7) is 2.84. The second kappa shape index (κ2) is 10.1. The first-order chi connectivity index (χ1) is 13.0. The van der Waals surface area contributed by atoms with Crippen molar-refractivity contribution in [2.75, 3.05) is 20.2 Å². The Bertz CT molecular complexity index is 866. The van der Waals surface area contributed by atoms with Crippen molar-refractivity contribution in [3.63, 3.8) is 0 Å². The van der Waals surface area contributed by atoms with E-state index in [4.69, 9.17) is 4.74 Å². The van der Waals surface area contributed by atoms with Crippen LogP contribution in [0.1, 0.15) is 35.7 Å². The minimum atomic E-state index is -3.70. The molecule has 0 aromatic heterocycles. The molecule has 2 rings (SSSR count). The van der Waals surface area contributed by atoms with Crippen LogP contribution in [0.25, 0.3) is 0 Å². The number of sulfonamides is 1. The molecule has 0 saturated heterocycles. The third-order valence-corrected chi connectivity index (χ3v) is 5.56. The van der Waals surface area contributed by atoms with E-state index < -0.39 is 10.0 Å². The molecular formula is C20H26N2O4S. The standard InChI is InChI=1S/C20H26N2O4S/c1-3-4-13-21-20(23)17-9-7-10-18(15-17)27(24,25)22-14-12-16-8-5-6-11-19(16)26-2/h5-11,15,22H,3-4,12-14H2,1-2H3,(H,21,23). The fourth-order valence-electron chi connectivity index (χ4n) is 2.60. The number of benzene rings is 2. The lowest BCUT2D eigenvalue weighted by atomic mass is 10.1. The van der Waals surface area contributed by atoms with Crippen LogP contribution in [0.4, 0.5) is 0 Å². The molecule has 0 atom stereocenters. The second-order valence-corrected chi connectivity index (χ2v) is 7.86. The second-order valence-electron chi connectivity index (χ2n) is 6.10. The van der Waals surface area contributed by atoms with Crippen LogP contribution in [0.3, 0.4) is 0 Å². The van der Waals surface area contributed by atoms with Crippen molar-refractivity contribution < 1.29 is 17.9 Å². The maximum Gasteiger partial charge on any atom is 0.251 e. The van der Waals surface area contributed by atoms with Crippen LogP contribution in [-0.2, 0) is 16.4 Å². The maximum atomic E-state index is 12.5. The Kier molecular flexibility index (Phi) is 7.82. The molecule has 0 aliphatic heterocycles. The van der Waals surface area contributed by atoms with E-state index in [1.807, 2.05) is 31.2 Å². The van der Waals surface area contributed by atoms with Crippen LogP contribution in [0.5, 0.6) is 5.75 Å². The molecule has 1 amide bonds. The van der Waals surface area contributed by atoms with Gasteiger partial charge in [0.2, 0.25) is 10.0 Å². The summed E-state index contributed by atoms with van der Waals surface area (Å²) in [5.74, 6) is 0.456. The van der Waals surface area contributed by atoms with E-state index in [-0.39, 0.29) is 17.3 Å². The first-order valence-corrected chi connectivity index (χ1v) is 10.5. The van der Waals surface area contributed by atoms with E-state index in [1.165, 1.54) is 12.1 Å². The molecule has 27 heavy (non-hydrogen) atoms. The fourth-order valence-corrected chi connectivity index (χ4v) is 3.68. The normalized spacial score (nSPS) is 11.2. The number of carbonyl (C=O) groups excluding carboxylic acids is 1. The highest BCUT2D eigenvalue weighted by molar-refractivity contribution is 7.89. The first kappa shape index (κ1) is 20.9. The van der Waals surface area contributed by atoms with Gasteiger partial charge < -0.3 is 10.1 Å². The number of rotatable bonds is 10. The van der Waals surface area contributed by atoms with Crippen LogP contribution in [0.2, 0.25) is 0 Å². The molecule has 0 fully saturated rings. The van der Waals surface area contributed by atoms with E-state index in [9.17, 15) is 13.2 Å². The molecule has 2 N–H and O–H groups in total. The van der Waals surface area contributed by atoms with Crippen LogP contribution in [0.15, 0.2) is 53.4 Å². The number of hydrogen-bond acceptors (Lipinski definition) is 4. The Morgan fingerprint density at radius 1 is 1.07 bits per heavy atom. The van der Waals surface area contributed by atoms with Gasteiger partial charge in [0.15, 0.2) is 0 Å². The summed E-state index contributed by atoms with van der Waals surface area (Å²) in [5.41, 5.74) is 1.26. The number of ether oxygens (including phenoxy) is 1. The first-order valence-electron chi connectivity index (χ1n) is 8.97. The molecule has 6 nitrogen and oxygen atoms in total. The van der Waals surface area contributed by atoms with E-state index in [0.29, 0.717) is 18.5 Å². The van der Waals surface area contributed by atoms with Gasteiger partial charge in [-0.3, -0.25) is 4.79 Å². The molecule has 2 aromatic rings. The molecule has 0 heterocycles. The van der Waals surface area contributed by atoms with Crippen molar-refractivity contribution in [2.24, 2.45) is 0 Å². The van der Waals surface area contributed by atoms with Crippen molar-refractivity contribution in [1.82, 2.24) is 10.0 Å². The van der Waals surface area contributed by atoms with Crippen LogP contribution in [-0.4, -0.2) is 34.5 Å². The van der Waals surface area contributed by atoms with Crippen LogP contribution >= 0.6 is 0 Å². The average Bonchev–Trinajstić information content (AvgIpc) is 2.68. The molecule has 7 heteroatoms. The molecule has 2 aromatic carbocycles. The smallest absolute Gasteiger partial charge is 0.251 e. The Balaban J connectivity index is 2.01. The van der Waals surface area contributed by atoms with Crippen molar-refractivity contribution in [3.05, 3.63) is 59.7 Å². The van der Waals surface area contributed by atoms with Crippen molar-refractivity contribution in [1.29, 1.82) is 0 Å². The molecule has 0 radical (unpaired) electrons. The third-order valence-electron chi connectivity index (χ3n) is 4.10. The number of methoxy groups -OCH3 is 1. The average molecular weight is 391 g/mol. The lowest BCUT2D eigenvalue weighted by Crippen LogP contribution is -2.27. The van der Waals surface area contributed by atoms with Crippen molar-refractivity contribution in [2.45, 2.75) is 31.1 Å². The largest absolute Gasteiger partial charge is 0.496 e. The highest BCUT2D eigenvalue weighted by atomic mass is 32.2. The quantitative estimate of drug-likeness (QED) is 0.611. The maximum absolute atomic E-state index is 12.5. The van der Waals surface area contributed by atoms with E-state index in [0.717, 1.165) is 24.2 Å². The fraction of sp³-hybridized carbons (Fsp3) is 0.350. The number of carbonyl (C=O) groups is 1. The zero-order chi connectivity index (χ0) is 19.7. The summed E-state index contributed by atoms with van der Waals surface area (Å²) < 4.78 is 32.9. The van der Waals surface area contributed by atoms with Gasteiger partial charge in [0.25, 0.3) is 5.91 Å². The van der Waals surface area contributed by atoms with E-state index >= 15 is 0 Å². The lowest BCUT2D eigenvalue weighted by molar-refractivity contribution is 0.0953. The summed E-state index contributed by atoms with van der Waals surface area (Å²) in [4.78, 5) is 12.2. The number of amides is 1. The molecule has 146 valence electrons. The van der Waals surface area contributed by atoms with E-state index in [2.05, 4.69) is 10.0 Å². The third kappa shape index (κ3) is 6.08. The van der Waals surface area contributed by atoms with Crippen molar-refractivity contribution in [3.8, 4) is 5.75 Å². The summed E-state index contributed by atoms with van der Waals surface area (Å²) >= 11 is 0. The summed E-state index contributed by atoms with van der Waals surface area (Å²) in [7, 11) is -2.12. The van der Waals surface area contributed by atoms with Gasteiger partial charge in [0.1, 0.15) is 5.75 Å². The van der Waals surface area contributed by atoms with Crippen LogP contribution < -0.4 is 14.8 Å². The Labute approximate surface area is 161 Å². The lowest BCUT2D eigenvalue weighted by Gasteiger charge is -2.10. The molecule has 0 saturated carbocycles. The Hall–Kier alpha value is -2.38. The highest BCUT2D eigenvalue weighted by Gasteiger charge is 2.16. The molecule has 0 aliphatic rings. The monoisotopic (exact) mass is 390 g/mol. The topological polar surface area (TPSA) is 84.5 Å². The Morgan fingerprint density at radius 3 is 2.59 bits per heavy atom. The SMILES string of the molecule is CCCCNC(=O)c1cccc(S(=O)(=O)NCCc2ccccc2OC)c1. The minimum Gasteiger partial charge on any atom is -0.496 e. The molecule has 0 bridgehead atoms. The molecule has 0 spiro atoms. The molecule has 0 aliphatic carbocycles. The van der Waals surface area contributed by atoms with Gasteiger partial charge in [-0.25, -0.2) is 13.1 Å². The molecule has 0 unspecified atom stereocenters. The van der Waals surface area contributed by atoms with Gasteiger partial charge >= 0.3 is 0 Å². The zero-order valence-corrected chi connectivity index (χ0v) is 16.5. The summed E-state index contributed by atoms with van der Waals surface area (Å²) in [6, 6.07) is 13.5. The summed E-state index contributed by atoms with van der Waals surface area (Å²) in [5, 5.41) is 2.79. The van der Waals surface area contributed by atoms with Gasteiger partial charge in [-0.2, -0.15) is 0 Å². The predicted octanol–water partition coefficient (Wildman–Crippen LogP) is 2.75. The number of nitrogens with one attached hydrogen (secondary N) is 2. The van der Waals surface area contributed by atoms with Gasteiger partial charge in [0.05, 0.1) is 12.0 Å². The predicted molar refractivity (Wildman–Crippen MR) is 106 cm³/mol. The number of para-hydroxylation sites is 1. The van der Waals surface area contributed by atoms with Gasteiger partial charge in [-0.15, -0.1) is 0 Å². The van der Waals surface area contributed by atoms with Gasteiger partial charge in [-0.05, 0) is 42.7 Å². The van der Waals surface area contributed by atoms with Crippen molar-refractivity contribution >= 4 is 15.9 Å².